The number of hydrogen-bond donors (Lipinski definition) is 9. The fraction of sp³-hybridized carbons (Fsp3) is 0.324. The SMILES string of the molecule is NC(Cc1c[nH]c2ccccc12)C(=O)O.NC(Cc1ccc(O)cc1)C(=O)O.O=C(O)[C@@H]1CCCN1.OCCCc1ccccc1. The van der Waals surface area contributed by atoms with E-state index in [-0.39, 0.29) is 24.8 Å². The van der Waals surface area contributed by atoms with Crippen LogP contribution in [0.2, 0.25) is 0 Å². The van der Waals surface area contributed by atoms with Crippen LogP contribution in [0, 0.1) is 0 Å². The van der Waals surface area contributed by atoms with Gasteiger partial charge in [0.05, 0.1) is 0 Å². The van der Waals surface area contributed by atoms with E-state index in [2.05, 4.69) is 22.4 Å². The Morgan fingerprint density at radius 3 is 1.96 bits per heavy atom. The van der Waals surface area contributed by atoms with Crippen LogP contribution in [-0.2, 0) is 33.6 Å². The van der Waals surface area contributed by atoms with Crippen molar-refractivity contribution >= 4 is 28.8 Å². The van der Waals surface area contributed by atoms with Gasteiger partial charge in [0.25, 0.3) is 0 Å². The molecule has 1 aromatic heterocycles. The second-order valence-corrected chi connectivity index (χ2v) is 10.6. The molecule has 12 nitrogen and oxygen atoms in total. The molecule has 5 rings (SSSR count). The number of aromatic amines is 1. The second kappa shape index (κ2) is 20.3. The highest BCUT2D eigenvalue weighted by Gasteiger charge is 2.20. The molecule has 0 aliphatic carbocycles. The summed E-state index contributed by atoms with van der Waals surface area (Å²) in [5, 5.41) is 47.0. The molecule has 1 fully saturated rings. The molecular weight excluding hydrogens is 592 g/mol. The summed E-state index contributed by atoms with van der Waals surface area (Å²) in [4.78, 5) is 34.2. The van der Waals surface area contributed by atoms with Crippen LogP contribution < -0.4 is 16.8 Å². The number of benzene rings is 3. The van der Waals surface area contributed by atoms with Gasteiger partial charge in [0.15, 0.2) is 0 Å². The van der Waals surface area contributed by atoms with Crippen LogP contribution in [-0.4, -0.2) is 79.7 Å². The van der Waals surface area contributed by atoms with E-state index < -0.39 is 30.0 Å². The number of carboxylic acids is 3. The number of aliphatic hydroxyl groups excluding tert-OH is 1. The number of H-pyrrole nitrogens is 1. The average Bonchev–Trinajstić information content (AvgIpc) is 3.74. The minimum Gasteiger partial charge on any atom is -0.508 e. The molecule has 11 N–H and O–H groups in total. The van der Waals surface area contributed by atoms with Crippen molar-refractivity contribution in [3.63, 3.8) is 0 Å². The topological polar surface area (TPSA) is 232 Å². The Balaban J connectivity index is 0.000000219. The molecule has 0 spiro atoms. The fourth-order valence-electron chi connectivity index (χ4n) is 4.42. The summed E-state index contributed by atoms with van der Waals surface area (Å²) >= 11 is 0. The van der Waals surface area contributed by atoms with E-state index in [1.165, 1.54) is 17.7 Å². The number of aromatic hydroxyl groups is 1. The fourth-order valence-corrected chi connectivity index (χ4v) is 4.42. The minimum absolute atomic E-state index is 0.160. The molecule has 3 aromatic carbocycles. The van der Waals surface area contributed by atoms with Gasteiger partial charge < -0.3 is 47.3 Å². The number of aromatic nitrogens is 1. The molecular formula is C34H44N4O8. The highest BCUT2D eigenvalue weighted by molar-refractivity contribution is 5.84. The number of carbonyl (C=O) groups is 3. The summed E-state index contributed by atoms with van der Waals surface area (Å²) in [6, 6.07) is 22.3. The van der Waals surface area contributed by atoms with Gasteiger partial charge in [-0.2, -0.15) is 0 Å². The van der Waals surface area contributed by atoms with E-state index in [1.54, 1.807) is 12.1 Å². The van der Waals surface area contributed by atoms with Crippen molar-refractivity contribution in [2.24, 2.45) is 11.5 Å². The van der Waals surface area contributed by atoms with E-state index >= 15 is 0 Å². The van der Waals surface area contributed by atoms with Crippen molar-refractivity contribution in [1.82, 2.24) is 10.3 Å². The van der Waals surface area contributed by atoms with Gasteiger partial charge in [0.2, 0.25) is 0 Å². The maximum absolute atomic E-state index is 10.6. The molecule has 1 saturated heterocycles. The summed E-state index contributed by atoms with van der Waals surface area (Å²) in [5.41, 5.74) is 14.9. The first kappa shape index (κ1) is 37.4. The quantitative estimate of drug-likeness (QED) is 0.123. The Hall–Kier alpha value is -4.75. The number of aryl methyl sites for hydroxylation is 1. The molecule has 0 radical (unpaired) electrons. The number of nitrogens with two attached hydrogens (primary N) is 2. The third kappa shape index (κ3) is 13.9. The van der Waals surface area contributed by atoms with Crippen molar-refractivity contribution in [3.8, 4) is 5.75 Å². The van der Waals surface area contributed by atoms with Gasteiger partial charge in [-0.05, 0) is 73.5 Å². The number of phenols is 1. The zero-order valence-corrected chi connectivity index (χ0v) is 25.6. The van der Waals surface area contributed by atoms with Crippen LogP contribution in [0.15, 0.2) is 85.1 Å². The summed E-state index contributed by atoms with van der Waals surface area (Å²) in [7, 11) is 0. The van der Waals surface area contributed by atoms with E-state index in [9.17, 15) is 14.4 Å². The van der Waals surface area contributed by atoms with Crippen LogP contribution in [0.3, 0.4) is 0 Å². The Kier molecular flexibility index (Phi) is 16.5. The monoisotopic (exact) mass is 636 g/mol. The molecule has 46 heavy (non-hydrogen) atoms. The molecule has 0 amide bonds. The number of nitrogens with one attached hydrogen (secondary N) is 2. The smallest absolute Gasteiger partial charge is 0.320 e. The molecule has 2 unspecified atom stereocenters. The second-order valence-electron chi connectivity index (χ2n) is 10.6. The van der Waals surface area contributed by atoms with Crippen molar-refractivity contribution in [3.05, 3.63) is 102 Å². The normalized spacial score (nSPS) is 14.7. The number of para-hydroxylation sites is 1. The molecule has 1 aliphatic heterocycles. The van der Waals surface area contributed by atoms with Crippen molar-refractivity contribution < 1.29 is 39.9 Å². The minimum atomic E-state index is -1.02. The lowest BCUT2D eigenvalue weighted by atomic mass is 10.1. The van der Waals surface area contributed by atoms with Gasteiger partial charge in [-0.1, -0.05) is 60.7 Å². The highest BCUT2D eigenvalue weighted by Crippen LogP contribution is 2.18. The van der Waals surface area contributed by atoms with E-state index in [0.29, 0.717) is 6.42 Å². The Morgan fingerprint density at radius 1 is 0.804 bits per heavy atom. The zero-order valence-electron chi connectivity index (χ0n) is 25.6. The summed E-state index contributed by atoms with van der Waals surface area (Å²) in [6.07, 6.45) is 6.07. The molecule has 0 bridgehead atoms. The summed E-state index contributed by atoms with van der Waals surface area (Å²) in [6.45, 7) is 1.14. The van der Waals surface area contributed by atoms with Crippen molar-refractivity contribution in [2.45, 2.75) is 56.7 Å². The van der Waals surface area contributed by atoms with Gasteiger partial charge in [-0.15, -0.1) is 0 Å². The molecule has 4 aromatic rings. The van der Waals surface area contributed by atoms with Gasteiger partial charge in [0.1, 0.15) is 23.9 Å². The molecule has 3 atom stereocenters. The maximum Gasteiger partial charge on any atom is 0.320 e. The van der Waals surface area contributed by atoms with Gasteiger partial charge >= 0.3 is 17.9 Å². The van der Waals surface area contributed by atoms with Gasteiger partial charge in [0, 0.05) is 30.1 Å². The Labute approximate surface area is 267 Å². The predicted octanol–water partition coefficient (Wildman–Crippen LogP) is 2.90. The summed E-state index contributed by atoms with van der Waals surface area (Å²) in [5.74, 6) is -2.55. The predicted molar refractivity (Wildman–Crippen MR) is 176 cm³/mol. The van der Waals surface area contributed by atoms with E-state index in [1.807, 2.05) is 48.7 Å². The van der Waals surface area contributed by atoms with Gasteiger partial charge in [-0.25, -0.2) is 0 Å². The first-order valence-corrected chi connectivity index (χ1v) is 14.9. The first-order valence-electron chi connectivity index (χ1n) is 14.9. The zero-order chi connectivity index (χ0) is 33.9. The number of aliphatic hydroxyl groups is 1. The standard InChI is InChI=1S/C11H12N2O2.C9H11NO3.C9H12O.C5H9NO2/c12-9(11(14)15)5-7-6-13-10-4-2-1-3-8(7)10;10-8(9(12)13)5-6-1-3-7(11)4-2-6;10-8-4-7-9-5-2-1-3-6-9;7-5(8)4-2-1-3-6-4/h1-4,6,9,13H,5,12H2,(H,14,15);1-4,8,11H,5,10H2,(H,12,13);1-3,5-6,10H,4,7-8H2;4,6H,1-3H2,(H,7,8)/t;;;4-/m...0/s1. The van der Waals surface area contributed by atoms with Crippen LogP contribution in [0.1, 0.15) is 36.0 Å². The molecule has 2 heterocycles. The molecule has 1 aliphatic rings. The number of rotatable bonds is 10. The van der Waals surface area contributed by atoms with Crippen LogP contribution in [0.5, 0.6) is 5.75 Å². The third-order valence-electron chi connectivity index (χ3n) is 6.97. The van der Waals surface area contributed by atoms with Crippen molar-refractivity contribution in [2.75, 3.05) is 13.2 Å². The van der Waals surface area contributed by atoms with E-state index in [0.717, 1.165) is 54.3 Å². The number of aliphatic carboxylic acids is 3. The van der Waals surface area contributed by atoms with Crippen molar-refractivity contribution in [1.29, 1.82) is 0 Å². The molecule has 248 valence electrons. The lowest BCUT2D eigenvalue weighted by molar-refractivity contribution is -0.139. The Morgan fingerprint density at radius 2 is 1.41 bits per heavy atom. The number of fused-ring (bicyclic) bond motifs is 1. The molecule has 12 heteroatoms. The van der Waals surface area contributed by atoms with Crippen LogP contribution in [0.4, 0.5) is 0 Å². The lowest BCUT2D eigenvalue weighted by Crippen LogP contribution is -2.32. The Bertz CT molecular complexity index is 1470. The number of carboxylic acid groups (broad SMARTS) is 3. The highest BCUT2D eigenvalue weighted by atomic mass is 16.4. The number of phenolic OH excluding ortho intramolecular Hbond substituents is 1. The van der Waals surface area contributed by atoms with Crippen LogP contribution >= 0.6 is 0 Å². The van der Waals surface area contributed by atoms with Crippen LogP contribution in [0.25, 0.3) is 10.9 Å². The average molecular weight is 637 g/mol. The third-order valence-corrected chi connectivity index (χ3v) is 6.97. The number of hydrogen-bond acceptors (Lipinski definition) is 8. The maximum atomic E-state index is 10.6. The largest absolute Gasteiger partial charge is 0.508 e. The summed E-state index contributed by atoms with van der Waals surface area (Å²) < 4.78 is 0. The molecule has 0 saturated carbocycles. The van der Waals surface area contributed by atoms with Gasteiger partial charge in [-0.3, -0.25) is 14.4 Å². The van der Waals surface area contributed by atoms with E-state index in [4.69, 9.17) is 37.0 Å². The first-order chi connectivity index (χ1) is 22.0. The lowest BCUT2D eigenvalue weighted by Gasteiger charge is -2.05.